The normalized spacial score (nSPS) is 12.7. The van der Waals surface area contributed by atoms with Crippen LogP contribution >= 0.6 is 34.4 Å². The molecule has 3 aromatic heterocycles. The Morgan fingerprint density at radius 2 is 1.08 bits per heavy atom. The number of rotatable bonds is 29. The lowest BCUT2D eigenvalue weighted by atomic mass is 9.71. The van der Waals surface area contributed by atoms with Gasteiger partial charge in [-0.3, -0.25) is 0 Å². The van der Waals surface area contributed by atoms with Crippen molar-refractivity contribution in [1.82, 2.24) is 8.75 Å². The van der Waals surface area contributed by atoms with E-state index in [0.29, 0.717) is 0 Å². The number of carboxylic acid groups (broad SMARTS) is 1. The smallest absolute Gasteiger partial charge is 0.346 e. The minimum atomic E-state index is -1.20. The third-order valence-electron chi connectivity index (χ3n) is 14.1. The number of thiophene rings is 2. The molecule has 0 spiro atoms. The van der Waals surface area contributed by atoms with Crippen LogP contribution in [-0.4, -0.2) is 33.0 Å². The van der Waals surface area contributed by atoms with Crippen LogP contribution in [0.4, 0.5) is 17.1 Å². The molecule has 11 heteroatoms. The second kappa shape index (κ2) is 25.7. The minimum absolute atomic E-state index is 0.179. The summed E-state index contributed by atoms with van der Waals surface area (Å²) >= 11 is 4.68. The van der Waals surface area contributed by atoms with Crippen LogP contribution in [0.5, 0.6) is 11.5 Å². The van der Waals surface area contributed by atoms with Gasteiger partial charge in [-0.15, -0.1) is 22.7 Å². The molecular formula is C61H70N4O4S3. The van der Waals surface area contributed by atoms with Crippen molar-refractivity contribution in [1.29, 1.82) is 5.26 Å². The average Bonchev–Trinajstić information content (AvgIpc) is 4.21. The van der Waals surface area contributed by atoms with Crippen molar-refractivity contribution in [2.75, 3.05) is 18.1 Å². The standard InChI is InChI=1S/C61H70N4O4S3/c1-5-9-13-17-35-61(36-18-14-10-6-2)53-40-50(39-44(42-62)60(66)67)70-58(53)59-54(61)41-55(71-59)52-34-33-51(56-57(52)64-72-63-56)43-21-23-45(24-22-43)65(46-25-29-48(30-26-46)68-37-19-15-11-7-3)47-27-31-49(32-28-47)69-38-20-16-12-8-4/h21-34,39-41H,5-20,35-38H2,1-4H3,(H,66,67)/b44-39-. The Morgan fingerprint density at radius 1 is 0.611 bits per heavy atom. The Morgan fingerprint density at radius 3 is 1.60 bits per heavy atom. The van der Waals surface area contributed by atoms with Gasteiger partial charge in [0.25, 0.3) is 0 Å². The van der Waals surface area contributed by atoms with Crippen molar-refractivity contribution in [2.24, 2.45) is 0 Å². The molecule has 0 amide bonds. The van der Waals surface area contributed by atoms with Gasteiger partial charge in [0.15, 0.2) is 0 Å². The van der Waals surface area contributed by atoms with Gasteiger partial charge >= 0.3 is 5.97 Å². The predicted octanol–water partition coefficient (Wildman–Crippen LogP) is 18.7. The summed E-state index contributed by atoms with van der Waals surface area (Å²) in [5.74, 6) is 0.561. The van der Waals surface area contributed by atoms with E-state index in [1.54, 1.807) is 17.4 Å². The first-order valence-corrected chi connectivity index (χ1v) is 28.9. The van der Waals surface area contributed by atoms with Gasteiger partial charge in [0.05, 0.1) is 24.9 Å². The van der Waals surface area contributed by atoms with Crippen LogP contribution < -0.4 is 14.4 Å². The maximum absolute atomic E-state index is 12.0. The number of hydrogen-bond acceptors (Lipinski definition) is 10. The van der Waals surface area contributed by atoms with E-state index in [1.807, 2.05) is 17.4 Å². The summed E-state index contributed by atoms with van der Waals surface area (Å²) in [6, 6.07) is 36.6. The van der Waals surface area contributed by atoms with E-state index in [4.69, 9.17) is 18.2 Å². The van der Waals surface area contributed by atoms with E-state index in [-0.39, 0.29) is 11.0 Å². The molecule has 0 bridgehead atoms. The summed E-state index contributed by atoms with van der Waals surface area (Å²) < 4.78 is 22.2. The predicted molar refractivity (Wildman–Crippen MR) is 303 cm³/mol. The molecule has 7 aromatic rings. The van der Waals surface area contributed by atoms with Crippen LogP contribution in [0.1, 0.15) is 159 Å². The maximum atomic E-state index is 12.0. The van der Waals surface area contributed by atoms with E-state index < -0.39 is 5.97 Å². The molecule has 8 rings (SSSR count). The molecular weight excluding hydrogens is 949 g/mol. The van der Waals surface area contributed by atoms with Crippen molar-refractivity contribution < 1.29 is 19.4 Å². The summed E-state index contributed by atoms with van der Waals surface area (Å²) in [6.07, 6.45) is 22.4. The van der Waals surface area contributed by atoms with Crippen molar-refractivity contribution in [3.8, 4) is 48.9 Å². The number of carboxylic acids is 1. The molecule has 0 atom stereocenters. The van der Waals surface area contributed by atoms with Gasteiger partial charge in [-0.25, -0.2) is 4.79 Å². The molecule has 0 radical (unpaired) electrons. The Balaban J connectivity index is 1.11. The molecule has 0 aliphatic heterocycles. The maximum Gasteiger partial charge on any atom is 0.346 e. The molecule has 3 heterocycles. The lowest BCUT2D eigenvalue weighted by Crippen LogP contribution is -2.25. The highest BCUT2D eigenvalue weighted by atomic mass is 32.1. The second-order valence-corrected chi connectivity index (χ2v) is 21.9. The van der Waals surface area contributed by atoms with E-state index in [2.05, 4.69) is 130 Å². The lowest BCUT2D eigenvalue weighted by Gasteiger charge is -2.31. The van der Waals surface area contributed by atoms with E-state index in [1.165, 1.54) is 115 Å². The molecule has 0 saturated carbocycles. The second-order valence-electron chi connectivity index (χ2n) is 19.2. The van der Waals surface area contributed by atoms with Gasteiger partial charge in [0, 0.05) is 53.1 Å². The molecule has 0 fully saturated rings. The molecule has 72 heavy (non-hydrogen) atoms. The van der Waals surface area contributed by atoms with Gasteiger partial charge < -0.3 is 19.5 Å². The van der Waals surface area contributed by atoms with Gasteiger partial charge in [-0.2, -0.15) is 14.0 Å². The number of nitriles is 1. The van der Waals surface area contributed by atoms with Crippen molar-refractivity contribution in [2.45, 2.75) is 149 Å². The molecule has 0 saturated heterocycles. The molecule has 1 aliphatic carbocycles. The van der Waals surface area contributed by atoms with Crippen LogP contribution in [0.15, 0.2) is 103 Å². The summed E-state index contributed by atoms with van der Waals surface area (Å²) in [4.78, 5) is 18.7. The molecule has 1 N–H and O–H groups in total. The largest absolute Gasteiger partial charge is 0.494 e. The van der Waals surface area contributed by atoms with Gasteiger partial charge in [-0.1, -0.05) is 142 Å². The van der Waals surface area contributed by atoms with Crippen LogP contribution in [0.3, 0.4) is 0 Å². The zero-order valence-corrected chi connectivity index (χ0v) is 45.1. The summed E-state index contributed by atoms with van der Waals surface area (Å²) in [5.41, 5.74) is 10.3. The SMILES string of the molecule is CCCCCCOc1ccc(N(c2ccc(OCCCCCC)cc2)c2ccc(-c3ccc(-c4cc5c(s4)-c4sc(/C=C(/C#N)C(=O)O)cc4C5(CCCCCC)CCCCCC)c4nsnc34)cc2)cc1. The molecule has 376 valence electrons. The van der Waals surface area contributed by atoms with Gasteiger partial charge in [0.2, 0.25) is 0 Å². The van der Waals surface area contributed by atoms with E-state index in [0.717, 1.165) is 113 Å². The first kappa shape index (κ1) is 52.5. The highest BCUT2D eigenvalue weighted by Crippen LogP contribution is 2.61. The van der Waals surface area contributed by atoms with Crippen molar-refractivity contribution in [3.63, 3.8) is 0 Å². The molecule has 4 aromatic carbocycles. The molecule has 1 aliphatic rings. The fourth-order valence-corrected chi connectivity index (χ4v) is 13.4. The van der Waals surface area contributed by atoms with Crippen molar-refractivity contribution in [3.05, 3.63) is 119 Å². The summed E-state index contributed by atoms with van der Waals surface area (Å²) in [5, 5.41) is 19.5. The number of benzene rings is 4. The highest BCUT2D eigenvalue weighted by molar-refractivity contribution is 7.24. The third-order valence-corrected chi connectivity index (χ3v) is 17.1. The Labute approximate surface area is 439 Å². The van der Waals surface area contributed by atoms with Crippen LogP contribution in [0.25, 0.3) is 48.4 Å². The fraction of sp³-hybridized carbons (Fsp3) is 0.410. The molecule has 8 nitrogen and oxygen atoms in total. The number of nitrogens with zero attached hydrogens (tertiary/aromatic N) is 4. The van der Waals surface area contributed by atoms with Gasteiger partial charge in [0.1, 0.15) is 34.2 Å². The zero-order chi connectivity index (χ0) is 50.3. The number of aliphatic carboxylic acids is 1. The number of hydrogen-bond donors (Lipinski definition) is 1. The number of aromatic nitrogens is 2. The summed E-state index contributed by atoms with van der Waals surface area (Å²) in [6.45, 7) is 10.4. The highest BCUT2D eigenvalue weighted by Gasteiger charge is 2.45. The number of ether oxygens (including phenoxy) is 2. The number of anilines is 3. The fourth-order valence-electron chi connectivity index (χ4n) is 10.2. The molecule has 0 unspecified atom stereocenters. The Bertz CT molecular complexity index is 2860. The monoisotopic (exact) mass is 1020 g/mol. The Hall–Kier alpha value is -5.80. The van der Waals surface area contributed by atoms with Gasteiger partial charge in [-0.05, 0) is 121 Å². The lowest BCUT2D eigenvalue weighted by molar-refractivity contribution is -0.132. The summed E-state index contributed by atoms with van der Waals surface area (Å²) in [7, 11) is 0. The first-order chi connectivity index (χ1) is 35.3. The van der Waals surface area contributed by atoms with Crippen molar-refractivity contribution >= 4 is 74.5 Å². The number of unbranched alkanes of at least 4 members (excludes halogenated alkanes) is 12. The van der Waals surface area contributed by atoms with Crippen LogP contribution in [0, 0.1) is 11.3 Å². The van der Waals surface area contributed by atoms with E-state index >= 15 is 0 Å². The Kier molecular flexibility index (Phi) is 18.8. The first-order valence-electron chi connectivity index (χ1n) is 26.6. The quantitative estimate of drug-likeness (QED) is 0.0281. The van der Waals surface area contributed by atoms with E-state index in [9.17, 15) is 15.2 Å². The number of fused-ring (bicyclic) bond motifs is 4. The number of carbonyl (C=O) groups is 1. The third kappa shape index (κ3) is 12.2. The zero-order valence-electron chi connectivity index (χ0n) is 42.6. The average molecular weight is 1020 g/mol. The topological polar surface area (TPSA) is 109 Å². The minimum Gasteiger partial charge on any atom is -0.494 e. The van der Waals surface area contributed by atoms with Crippen LogP contribution in [0.2, 0.25) is 0 Å². The van der Waals surface area contributed by atoms with Crippen LogP contribution in [-0.2, 0) is 10.2 Å².